The Labute approximate surface area is 125 Å². The zero-order valence-corrected chi connectivity index (χ0v) is 11.4. The normalized spacial score (nSPS) is 8.36. The topological polar surface area (TPSA) is 53.1 Å². The summed E-state index contributed by atoms with van der Waals surface area (Å²) < 4.78 is 0. The van der Waals surface area contributed by atoms with E-state index in [0.717, 1.165) is 6.92 Å². The van der Waals surface area contributed by atoms with Crippen LogP contribution < -0.4 is 0 Å². The summed E-state index contributed by atoms with van der Waals surface area (Å²) in [5, 5.41) is 8.69. The molecule has 0 amide bonds. The monoisotopic (exact) mass is 216 g/mol. The van der Waals surface area contributed by atoms with Crippen LogP contribution in [-0.4, -0.2) is 67.4 Å². The van der Waals surface area contributed by atoms with Crippen molar-refractivity contribution in [2.45, 2.75) is 6.92 Å². The number of carbonyl (C=O) groups is 1. The summed E-state index contributed by atoms with van der Waals surface area (Å²) >= 11 is 0. The number of aliphatic carboxylic acids is 1. The molecule has 1 aromatic carbocycles. The van der Waals surface area contributed by atoms with E-state index in [1.165, 1.54) is 10.9 Å². The van der Waals surface area contributed by atoms with Gasteiger partial charge in [0.05, 0.1) is 0 Å². The van der Waals surface area contributed by atoms with Crippen molar-refractivity contribution in [3.05, 3.63) is 36.5 Å². The third kappa shape index (κ3) is 4.93. The standard InChI is InChI=1S/C8H7N.C2H4O2.K/c1-2-4-8-7(3-1)5-6-9-8;1-2(3)4;/h1-6,9H;1H3,(H,3,4);. The van der Waals surface area contributed by atoms with Crippen molar-refractivity contribution >= 4 is 68.3 Å². The summed E-state index contributed by atoms with van der Waals surface area (Å²) in [6, 6.07) is 10.3. The van der Waals surface area contributed by atoms with Crippen LogP contribution in [0.25, 0.3) is 10.9 Å². The molecule has 1 aromatic heterocycles. The molecule has 2 rings (SSSR count). The van der Waals surface area contributed by atoms with Crippen LogP contribution in [0, 0.1) is 0 Å². The van der Waals surface area contributed by atoms with Crippen LogP contribution >= 0.6 is 0 Å². The number of para-hydroxylation sites is 1. The number of carboxylic acid groups (broad SMARTS) is 1. The predicted molar refractivity (Wildman–Crippen MR) is 57.4 cm³/mol. The Bertz CT molecular complexity index is 363. The molecule has 0 saturated heterocycles. The molecule has 0 unspecified atom stereocenters. The summed E-state index contributed by atoms with van der Waals surface area (Å²) in [6.07, 6.45) is 1.95. The number of rotatable bonds is 0. The number of carboxylic acids is 1. The zero-order valence-electron chi connectivity index (χ0n) is 8.32. The van der Waals surface area contributed by atoms with Crippen molar-refractivity contribution in [2.24, 2.45) is 0 Å². The van der Waals surface area contributed by atoms with Crippen LogP contribution in [0.2, 0.25) is 0 Å². The molecule has 0 spiro atoms. The first-order valence-corrected chi connectivity index (χ1v) is 3.92. The maximum atomic E-state index is 9.00. The fraction of sp³-hybridized carbons (Fsp3) is 0.100. The SMILES string of the molecule is CC(=O)O.[K].c1ccc2[nH]ccc2c1. The van der Waals surface area contributed by atoms with Gasteiger partial charge in [0.25, 0.3) is 5.97 Å². The van der Waals surface area contributed by atoms with Crippen molar-refractivity contribution < 1.29 is 9.90 Å². The van der Waals surface area contributed by atoms with Crippen molar-refractivity contribution in [3.63, 3.8) is 0 Å². The van der Waals surface area contributed by atoms with Gasteiger partial charge in [0, 0.05) is 70.0 Å². The number of nitrogens with one attached hydrogen (secondary N) is 1. The van der Waals surface area contributed by atoms with Gasteiger partial charge in [-0.15, -0.1) is 0 Å². The number of hydrogen-bond donors (Lipinski definition) is 2. The Morgan fingerprint density at radius 3 is 2.43 bits per heavy atom. The summed E-state index contributed by atoms with van der Waals surface area (Å²) in [6.45, 7) is 1.08. The Morgan fingerprint density at radius 1 is 1.29 bits per heavy atom. The Kier molecular flexibility index (Phi) is 7.13. The molecule has 2 N–H and O–H groups in total. The number of fused-ring (bicyclic) bond motifs is 1. The first-order valence-electron chi connectivity index (χ1n) is 3.92. The second-order valence-corrected chi connectivity index (χ2v) is 2.58. The number of hydrogen-bond acceptors (Lipinski definition) is 1. The molecular formula is C10H11KNO2. The van der Waals surface area contributed by atoms with E-state index in [2.05, 4.69) is 23.2 Å². The van der Waals surface area contributed by atoms with Gasteiger partial charge in [-0.05, 0) is 17.5 Å². The first kappa shape index (κ1) is 13.9. The molecule has 0 atom stereocenters. The second kappa shape index (κ2) is 7.20. The van der Waals surface area contributed by atoms with E-state index in [0.29, 0.717) is 0 Å². The van der Waals surface area contributed by atoms with Gasteiger partial charge in [0.15, 0.2) is 0 Å². The maximum Gasteiger partial charge on any atom is 0.300 e. The Balaban J connectivity index is 0.000000299. The van der Waals surface area contributed by atoms with Crippen LogP contribution in [0.4, 0.5) is 0 Å². The third-order valence-corrected chi connectivity index (χ3v) is 1.46. The molecule has 3 nitrogen and oxygen atoms in total. The Hall–Kier alpha value is -0.134. The van der Waals surface area contributed by atoms with E-state index >= 15 is 0 Å². The molecular weight excluding hydrogens is 205 g/mol. The van der Waals surface area contributed by atoms with Gasteiger partial charge < -0.3 is 10.1 Å². The smallest absolute Gasteiger partial charge is 0.300 e. The average Bonchev–Trinajstić information content (AvgIpc) is 2.49. The van der Waals surface area contributed by atoms with Crippen LogP contribution in [0.5, 0.6) is 0 Å². The Morgan fingerprint density at radius 2 is 1.86 bits per heavy atom. The van der Waals surface area contributed by atoms with E-state index < -0.39 is 5.97 Å². The van der Waals surface area contributed by atoms with E-state index in [4.69, 9.17) is 9.90 Å². The van der Waals surface area contributed by atoms with E-state index in [1.807, 2.05) is 18.3 Å². The summed E-state index contributed by atoms with van der Waals surface area (Å²) in [5.41, 5.74) is 1.21. The van der Waals surface area contributed by atoms with Gasteiger partial charge in [0.2, 0.25) is 0 Å². The first-order chi connectivity index (χ1) is 6.20. The van der Waals surface area contributed by atoms with Crippen LogP contribution in [0.1, 0.15) is 6.92 Å². The molecule has 0 saturated carbocycles. The fourth-order valence-electron chi connectivity index (χ4n) is 0.995. The molecule has 2 aromatic rings. The van der Waals surface area contributed by atoms with E-state index in [9.17, 15) is 0 Å². The second-order valence-electron chi connectivity index (χ2n) is 2.58. The van der Waals surface area contributed by atoms with Gasteiger partial charge in [-0.3, -0.25) is 4.79 Å². The molecule has 69 valence electrons. The summed E-state index contributed by atoms with van der Waals surface area (Å²) in [7, 11) is 0. The average molecular weight is 216 g/mol. The third-order valence-electron chi connectivity index (χ3n) is 1.46. The molecule has 0 fully saturated rings. The van der Waals surface area contributed by atoms with Crippen molar-refractivity contribution in [1.82, 2.24) is 4.98 Å². The molecule has 1 radical (unpaired) electrons. The minimum atomic E-state index is -0.833. The molecule has 0 aliphatic carbocycles. The molecule has 0 aliphatic heterocycles. The van der Waals surface area contributed by atoms with Crippen molar-refractivity contribution in [3.8, 4) is 0 Å². The van der Waals surface area contributed by atoms with Gasteiger partial charge in [0.1, 0.15) is 0 Å². The van der Waals surface area contributed by atoms with Crippen molar-refractivity contribution in [1.29, 1.82) is 0 Å². The van der Waals surface area contributed by atoms with Crippen LogP contribution in [0.3, 0.4) is 0 Å². The van der Waals surface area contributed by atoms with Gasteiger partial charge in [-0.1, -0.05) is 18.2 Å². The fourth-order valence-corrected chi connectivity index (χ4v) is 0.995. The number of aromatic amines is 1. The molecule has 14 heavy (non-hydrogen) atoms. The van der Waals surface area contributed by atoms with Crippen LogP contribution in [-0.2, 0) is 4.79 Å². The van der Waals surface area contributed by atoms with E-state index in [-0.39, 0.29) is 51.4 Å². The largest absolute Gasteiger partial charge is 0.481 e. The van der Waals surface area contributed by atoms with Crippen LogP contribution in [0.15, 0.2) is 36.5 Å². The van der Waals surface area contributed by atoms with Crippen molar-refractivity contribution in [2.75, 3.05) is 0 Å². The molecule has 0 aliphatic rings. The van der Waals surface area contributed by atoms with Gasteiger partial charge >= 0.3 is 0 Å². The van der Waals surface area contributed by atoms with E-state index in [1.54, 1.807) is 0 Å². The van der Waals surface area contributed by atoms with Gasteiger partial charge in [-0.25, -0.2) is 0 Å². The summed E-state index contributed by atoms with van der Waals surface area (Å²) in [4.78, 5) is 12.1. The number of aromatic nitrogens is 1. The summed E-state index contributed by atoms with van der Waals surface area (Å²) in [5.74, 6) is -0.833. The van der Waals surface area contributed by atoms with Gasteiger partial charge in [-0.2, -0.15) is 0 Å². The molecule has 0 bridgehead atoms. The maximum absolute atomic E-state index is 9.00. The minimum Gasteiger partial charge on any atom is -0.481 e. The quantitative estimate of drug-likeness (QED) is 0.661. The zero-order chi connectivity index (χ0) is 9.68. The molecule has 1 heterocycles. The number of benzene rings is 1. The predicted octanol–water partition coefficient (Wildman–Crippen LogP) is 1.88. The number of H-pyrrole nitrogens is 1. The minimum absolute atomic E-state index is 0. The molecule has 4 heteroatoms.